The van der Waals surface area contributed by atoms with Gasteiger partial charge in [-0.3, -0.25) is 0 Å². The van der Waals surface area contributed by atoms with Crippen molar-refractivity contribution in [3.63, 3.8) is 0 Å². The normalized spacial score (nSPS) is 12.1. The third-order valence-corrected chi connectivity index (χ3v) is 20.9. The molecule has 6 heteroatoms. The molecule has 0 radical (unpaired) electrons. The quantitative estimate of drug-likeness (QED) is 0.160. The van der Waals surface area contributed by atoms with Gasteiger partial charge in [-0.05, 0) is 0 Å². The Morgan fingerprint density at radius 2 is 0.969 bits per heavy atom. The first-order valence-electron chi connectivity index (χ1n) is 11.4. The fraction of sp³-hybridized carbons (Fsp3) is 0.308. The molecule has 0 aliphatic rings. The monoisotopic (exact) mass is 560 g/mol. The van der Waals surface area contributed by atoms with E-state index in [1.165, 1.54) is 0 Å². The molecule has 0 aromatic heterocycles. The first kappa shape index (κ1) is 25.2. The molecule has 0 heterocycles. The van der Waals surface area contributed by atoms with Gasteiger partial charge in [-0.2, -0.15) is 0 Å². The van der Waals surface area contributed by atoms with E-state index in [-0.39, 0.29) is 0 Å². The summed E-state index contributed by atoms with van der Waals surface area (Å²) in [5.41, 5.74) is 0. The molecule has 0 saturated heterocycles. The summed E-state index contributed by atoms with van der Waals surface area (Å²) in [6, 6.07) is 30.5. The minimum atomic E-state index is -4.24. The Kier molecular flexibility index (Phi) is 10.0. The summed E-state index contributed by atoms with van der Waals surface area (Å²) in [4.78, 5) is 0. The van der Waals surface area contributed by atoms with Crippen molar-refractivity contribution in [2.24, 2.45) is 0 Å². The van der Waals surface area contributed by atoms with Crippen LogP contribution >= 0.6 is 7.82 Å². The Labute approximate surface area is 197 Å². The number of hydrogen-bond acceptors (Lipinski definition) is 4. The van der Waals surface area contributed by atoms with E-state index >= 15 is 0 Å². The zero-order chi connectivity index (χ0) is 22.7. The maximum absolute atomic E-state index is 14.1. The molecule has 4 nitrogen and oxygen atoms in total. The SMILES string of the molecule is CCCCOP(=O)(OCCCC)[O][Sn]([c]1ccccc1)([c]1ccccc1)[c]1ccccc1. The van der Waals surface area contributed by atoms with Crippen LogP contribution in [-0.2, 0) is 16.5 Å². The van der Waals surface area contributed by atoms with Crippen molar-refractivity contribution < 1.29 is 16.5 Å². The van der Waals surface area contributed by atoms with Crippen molar-refractivity contribution >= 4 is 37.4 Å². The first-order valence-corrected chi connectivity index (χ1v) is 18.3. The third kappa shape index (κ3) is 6.33. The van der Waals surface area contributed by atoms with E-state index in [1.54, 1.807) is 0 Å². The van der Waals surface area contributed by atoms with Gasteiger partial charge in [-0.15, -0.1) is 0 Å². The summed E-state index contributed by atoms with van der Waals surface area (Å²) < 4.78 is 35.9. The summed E-state index contributed by atoms with van der Waals surface area (Å²) in [7, 11) is -3.80. The number of unbranched alkanes of at least 4 members (excludes halogenated alkanes) is 2. The molecular formula is C26H33O4PSn. The van der Waals surface area contributed by atoms with Gasteiger partial charge in [0.2, 0.25) is 0 Å². The minimum absolute atomic E-state index is 0.347. The van der Waals surface area contributed by atoms with Crippen LogP contribution < -0.4 is 10.7 Å². The van der Waals surface area contributed by atoms with Crippen molar-refractivity contribution in [1.29, 1.82) is 0 Å². The van der Waals surface area contributed by atoms with Crippen molar-refractivity contribution in [2.75, 3.05) is 13.2 Å². The van der Waals surface area contributed by atoms with Crippen LogP contribution in [0, 0.1) is 0 Å². The second kappa shape index (κ2) is 12.7. The van der Waals surface area contributed by atoms with Gasteiger partial charge in [-0.25, -0.2) is 0 Å². The molecule has 0 atom stereocenters. The zero-order valence-electron chi connectivity index (χ0n) is 19.0. The molecule has 0 amide bonds. The predicted molar refractivity (Wildman–Crippen MR) is 134 cm³/mol. The van der Waals surface area contributed by atoms with Crippen molar-refractivity contribution in [3.8, 4) is 0 Å². The van der Waals surface area contributed by atoms with Gasteiger partial charge >= 0.3 is 198 Å². The van der Waals surface area contributed by atoms with E-state index in [2.05, 4.69) is 50.2 Å². The van der Waals surface area contributed by atoms with Gasteiger partial charge in [0.05, 0.1) is 0 Å². The Hall–Kier alpha value is -1.43. The van der Waals surface area contributed by atoms with Crippen LogP contribution in [0.25, 0.3) is 0 Å². The summed E-state index contributed by atoms with van der Waals surface area (Å²) >= 11 is -4.24. The fourth-order valence-corrected chi connectivity index (χ4v) is 20.1. The average Bonchev–Trinajstić information content (AvgIpc) is 2.85. The molecule has 0 N–H and O–H groups in total. The number of hydrogen-bond donors (Lipinski definition) is 0. The van der Waals surface area contributed by atoms with Gasteiger partial charge in [-0.1, -0.05) is 0 Å². The number of benzene rings is 3. The van der Waals surface area contributed by atoms with E-state index in [1.807, 2.05) is 54.6 Å². The van der Waals surface area contributed by atoms with Crippen LogP contribution in [0.3, 0.4) is 0 Å². The van der Waals surface area contributed by atoms with E-state index in [4.69, 9.17) is 11.9 Å². The van der Waals surface area contributed by atoms with Crippen LogP contribution in [0.15, 0.2) is 91.0 Å². The second-order valence-corrected chi connectivity index (χ2v) is 19.7. The summed E-state index contributed by atoms with van der Waals surface area (Å²) in [6.07, 6.45) is 3.49. The van der Waals surface area contributed by atoms with Gasteiger partial charge in [0.1, 0.15) is 0 Å². The maximum atomic E-state index is 14.1. The topological polar surface area (TPSA) is 44.8 Å². The standard InChI is InChI=1S/C8H19O4P.3C6H5.Sn/c1-3-5-7-11-13(9,10)12-8-6-4-2;3*1-2-4-6-5-3-1;/h3-8H2,1-2H3,(H,9,10);3*1-5H;/q;;;;+1/p-1. The molecule has 0 bridgehead atoms. The Morgan fingerprint density at radius 3 is 1.28 bits per heavy atom. The van der Waals surface area contributed by atoms with Crippen molar-refractivity contribution in [1.82, 2.24) is 0 Å². The second-order valence-electron chi connectivity index (χ2n) is 7.69. The molecule has 3 rings (SSSR count). The van der Waals surface area contributed by atoms with Crippen LogP contribution in [0.2, 0.25) is 0 Å². The van der Waals surface area contributed by atoms with E-state index in [9.17, 15) is 4.57 Å². The number of phosphoric ester groups is 1. The van der Waals surface area contributed by atoms with Gasteiger partial charge in [0.25, 0.3) is 0 Å². The average molecular weight is 559 g/mol. The Bertz CT molecular complexity index is 856. The molecule has 3 aromatic carbocycles. The molecule has 3 aromatic rings. The van der Waals surface area contributed by atoms with Gasteiger partial charge < -0.3 is 0 Å². The predicted octanol–water partition coefficient (Wildman–Crippen LogP) is 5.41. The van der Waals surface area contributed by atoms with Crippen LogP contribution in [-0.4, -0.2) is 32.0 Å². The first-order chi connectivity index (χ1) is 15.6. The number of rotatable bonds is 13. The summed E-state index contributed by atoms with van der Waals surface area (Å²) in [5.74, 6) is 0. The molecule has 0 fully saturated rings. The molecular weight excluding hydrogens is 526 g/mol. The molecule has 170 valence electrons. The van der Waals surface area contributed by atoms with Gasteiger partial charge in [0.15, 0.2) is 0 Å². The Morgan fingerprint density at radius 1 is 0.625 bits per heavy atom. The Balaban J connectivity index is 2.17. The molecule has 32 heavy (non-hydrogen) atoms. The van der Waals surface area contributed by atoms with Crippen LogP contribution in [0.5, 0.6) is 0 Å². The van der Waals surface area contributed by atoms with Crippen molar-refractivity contribution in [2.45, 2.75) is 39.5 Å². The molecule has 0 spiro atoms. The van der Waals surface area contributed by atoms with E-state index in [0.717, 1.165) is 36.4 Å². The molecule has 0 saturated carbocycles. The summed E-state index contributed by atoms with van der Waals surface area (Å²) in [6.45, 7) is 4.85. The molecule has 0 unspecified atom stereocenters. The van der Waals surface area contributed by atoms with Crippen LogP contribution in [0.4, 0.5) is 0 Å². The summed E-state index contributed by atoms with van der Waals surface area (Å²) in [5, 5.41) is 0. The van der Waals surface area contributed by atoms with Gasteiger partial charge in [0, 0.05) is 0 Å². The zero-order valence-corrected chi connectivity index (χ0v) is 22.7. The fourth-order valence-electron chi connectivity index (χ4n) is 3.58. The molecule has 0 aliphatic carbocycles. The van der Waals surface area contributed by atoms with Crippen LogP contribution in [0.1, 0.15) is 39.5 Å². The van der Waals surface area contributed by atoms with E-state index < -0.39 is 26.6 Å². The third-order valence-electron chi connectivity index (χ3n) is 5.28. The molecule has 0 aliphatic heterocycles. The van der Waals surface area contributed by atoms with E-state index in [0.29, 0.717) is 13.2 Å². The number of phosphoric acid groups is 1. The van der Waals surface area contributed by atoms with Crippen molar-refractivity contribution in [3.05, 3.63) is 91.0 Å².